The minimum absolute atomic E-state index is 0.0520. The maximum Gasteiger partial charge on any atom is 0.410 e. The molecule has 11 heteroatoms. The van der Waals surface area contributed by atoms with E-state index in [0.717, 1.165) is 16.8 Å². The van der Waals surface area contributed by atoms with E-state index in [-0.39, 0.29) is 17.6 Å². The van der Waals surface area contributed by atoms with Crippen molar-refractivity contribution in [1.82, 2.24) is 29.6 Å². The van der Waals surface area contributed by atoms with Gasteiger partial charge in [-0.2, -0.15) is 10.1 Å². The minimum atomic E-state index is -0.543. The van der Waals surface area contributed by atoms with Crippen molar-refractivity contribution < 1.29 is 14.1 Å². The van der Waals surface area contributed by atoms with Gasteiger partial charge in [-0.15, -0.1) is 0 Å². The van der Waals surface area contributed by atoms with Crippen LogP contribution in [-0.4, -0.2) is 54.4 Å². The number of nitrogens with one attached hydrogen (secondary N) is 1. The molecule has 36 heavy (non-hydrogen) atoms. The molecule has 1 fully saturated rings. The highest BCUT2D eigenvalue weighted by Crippen LogP contribution is 2.32. The maximum absolute atomic E-state index is 12.6. The van der Waals surface area contributed by atoms with E-state index in [0.29, 0.717) is 53.9 Å². The largest absolute Gasteiger partial charge is 0.444 e. The van der Waals surface area contributed by atoms with Crippen molar-refractivity contribution in [1.29, 1.82) is 0 Å². The van der Waals surface area contributed by atoms with Crippen LogP contribution >= 0.6 is 11.6 Å². The van der Waals surface area contributed by atoms with E-state index in [4.69, 9.17) is 20.9 Å². The number of amides is 1. The molecule has 4 aromatic rings. The van der Waals surface area contributed by atoms with Crippen LogP contribution in [0.5, 0.6) is 0 Å². The van der Waals surface area contributed by atoms with Crippen molar-refractivity contribution >= 4 is 23.3 Å². The average Bonchev–Trinajstić information content (AvgIpc) is 3.46. The molecule has 1 N–H and O–H groups in total. The van der Waals surface area contributed by atoms with E-state index >= 15 is 0 Å². The number of likely N-dealkylation sites (tertiary alicyclic amines) is 1. The number of H-pyrrole nitrogens is 1. The molecule has 188 valence electrons. The maximum atomic E-state index is 12.6. The molecule has 0 aliphatic carbocycles. The molecule has 1 saturated heterocycles. The van der Waals surface area contributed by atoms with Gasteiger partial charge in [0.1, 0.15) is 11.2 Å². The average molecular weight is 511 g/mol. The molecule has 10 nitrogen and oxygen atoms in total. The van der Waals surface area contributed by atoms with Crippen molar-refractivity contribution in [3.8, 4) is 22.8 Å². The van der Waals surface area contributed by atoms with E-state index in [1.165, 1.54) is 0 Å². The predicted molar refractivity (Wildman–Crippen MR) is 134 cm³/mol. The SMILES string of the molecule is Cc1c(Cl)cccc1-c1nc(-c2cnn3c(C4CCN(C(=O)OC(C)(C)C)CC4)cc(=O)[nH]c23)no1. The van der Waals surface area contributed by atoms with Gasteiger partial charge in [-0.05, 0) is 58.2 Å². The lowest BCUT2D eigenvalue weighted by molar-refractivity contribution is 0.0203. The lowest BCUT2D eigenvalue weighted by Crippen LogP contribution is -2.41. The fourth-order valence-corrected chi connectivity index (χ4v) is 4.61. The summed E-state index contributed by atoms with van der Waals surface area (Å²) in [5.41, 5.74) is 2.60. The number of nitrogens with zero attached hydrogens (tertiary/aromatic N) is 5. The van der Waals surface area contributed by atoms with E-state index in [1.54, 1.807) is 27.7 Å². The second kappa shape index (κ2) is 9.09. The van der Waals surface area contributed by atoms with Gasteiger partial charge in [0, 0.05) is 35.7 Å². The lowest BCUT2D eigenvalue weighted by atomic mass is 9.93. The summed E-state index contributed by atoms with van der Waals surface area (Å²) < 4.78 is 12.7. The summed E-state index contributed by atoms with van der Waals surface area (Å²) in [6.07, 6.45) is 2.67. The third kappa shape index (κ3) is 4.60. The number of carbonyl (C=O) groups is 1. The first-order valence-corrected chi connectivity index (χ1v) is 12.2. The van der Waals surface area contributed by atoms with Crippen LogP contribution in [0, 0.1) is 6.92 Å². The van der Waals surface area contributed by atoms with Gasteiger partial charge < -0.3 is 19.1 Å². The van der Waals surface area contributed by atoms with Crippen LogP contribution < -0.4 is 5.56 Å². The Morgan fingerprint density at radius 2 is 1.97 bits per heavy atom. The molecule has 1 aromatic carbocycles. The van der Waals surface area contributed by atoms with Gasteiger partial charge in [0.25, 0.3) is 11.4 Å². The van der Waals surface area contributed by atoms with Gasteiger partial charge in [0.05, 0.1) is 17.5 Å². The molecule has 1 amide bonds. The van der Waals surface area contributed by atoms with Gasteiger partial charge in [-0.25, -0.2) is 9.31 Å². The summed E-state index contributed by atoms with van der Waals surface area (Å²) in [6.45, 7) is 8.51. The van der Waals surface area contributed by atoms with Gasteiger partial charge in [-0.1, -0.05) is 22.8 Å². The summed E-state index contributed by atoms with van der Waals surface area (Å²) in [6, 6.07) is 7.04. The summed E-state index contributed by atoms with van der Waals surface area (Å²) in [4.78, 5) is 34.1. The van der Waals surface area contributed by atoms with Crippen molar-refractivity contribution in [3.63, 3.8) is 0 Å². The summed E-state index contributed by atoms with van der Waals surface area (Å²) >= 11 is 6.24. The Bertz CT molecular complexity index is 1490. The Kier molecular flexibility index (Phi) is 6.07. The van der Waals surface area contributed by atoms with Gasteiger partial charge in [0.15, 0.2) is 0 Å². The zero-order chi connectivity index (χ0) is 25.6. The number of fused-ring (bicyclic) bond motifs is 1. The Hall–Kier alpha value is -3.66. The molecule has 4 heterocycles. The van der Waals surface area contributed by atoms with Crippen LogP contribution in [-0.2, 0) is 4.74 Å². The summed E-state index contributed by atoms with van der Waals surface area (Å²) in [5.74, 6) is 0.695. The molecule has 0 unspecified atom stereocenters. The lowest BCUT2D eigenvalue weighted by Gasteiger charge is -2.33. The summed E-state index contributed by atoms with van der Waals surface area (Å²) in [5, 5.41) is 9.26. The quantitative estimate of drug-likeness (QED) is 0.419. The van der Waals surface area contributed by atoms with Gasteiger partial charge in [-0.3, -0.25) is 4.79 Å². The Labute approximate surface area is 212 Å². The topological polar surface area (TPSA) is 119 Å². The minimum Gasteiger partial charge on any atom is -0.444 e. The van der Waals surface area contributed by atoms with Crippen molar-refractivity contribution in [3.05, 3.63) is 57.1 Å². The van der Waals surface area contributed by atoms with Crippen molar-refractivity contribution in [2.75, 3.05) is 13.1 Å². The number of aromatic amines is 1. The van der Waals surface area contributed by atoms with Crippen LogP contribution in [0.25, 0.3) is 28.5 Å². The molecule has 3 aromatic heterocycles. The number of carbonyl (C=O) groups excluding carboxylic acids is 1. The summed E-state index contributed by atoms with van der Waals surface area (Å²) in [7, 11) is 0. The predicted octanol–water partition coefficient (Wildman–Crippen LogP) is 4.82. The van der Waals surface area contributed by atoms with Gasteiger partial charge in [0.2, 0.25) is 5.82 Å². The number of halogens is 1. The van der Waals surface area contributed by atoms with Crippen LogP contribution in [0.1, 0.15) is 50.8 Å². The molecule has 0 saturated carbocycles. The molecular formula is C25H27ClN6O4. The molecule has 0 radical (unpaired) electrons. The molecule has 0 spiro atoms. The highest BCUT2D eigenvalue weighted by Gasteiger charge is 2.29. The fourth-order valence-electron chi connectivity index (χ4n) is 4.43. The monoisotopic (exact) mass is 510 g/mol. The first kappa shape index (κ1) is 24.1. The zero-order valence-corrected chi connectivity index (χ0v) is 21.3. The molecule has 0 atom stereocenters. The number of piperidine rings is 1. The molecule has 1 aliphatic rings. The second-order valence-electron chi connectivity index (χ2n) is 9.95. The van der Waals surface area contributed by atoms with E-state index in [9.17, 15) is 9.59 Å². The van der Waals surface area contributed by atoms with Crippen LogP contribution in [0.2, 0.25) is 5.02 Å². The Balaban J connectivity index is 1.42. The highest BCUT2D eigenvalue weighted by molar-refractivity contribution is 6.31. The van der Waals surface area contributed by atoms with E-state index < -0.39 is 5.60 Å². The van der Waals surface area contributed by atoms with Crippen LogP contribution in [0.15, 0.2) is 39.8 Å². The first-order chi connectivity index (χ1) is 17.1. The molecular weight excluding hydrogens is 484 g/mol. The second-order valence-corrected chi connectivity index (χ2v) is 10.4. The Morgan fingerprint density at radius 1 is 1.22 bits per heavy atom. The number of ether oxygens (including phenoxy) is 1. The Morgan fingerprint density at radius 3 is 2.69 bits per heavy atom. The number of hydrogen-bond donors (Lipinski definition) is 1. The first-order valence-electron chi connectivity index (χ1n) is 11.8. The number of aromatic nitrogens is 5. The number of benzene rings is 1. The molecule has 0 bridgehead atoms. The zero-order valence-electron chi connectivity index (χ0n) is 20.5. The van der Waals surface area contributed by atoms with Gasteiger partial charge >= 0.3 is 6.09 Å². The molecule has 1 aliphatic heterocycles. The van der Waals surface area contributed by atoms with Crippen molar-refractivity contribution in [2.24, 2.45) is 0 Å². The third-order valence-electron chi connectivity index (χ3n) is 6.26. The molecule has 5 rings (SSSR count). The van der Waals surface area contributed by atoms with Crippen LogP contribution in [0.3, 0.4) is 0 Å². The number of rotatable bonds is 3. The number of hydrogen-bond acceptors (Lipinski definition) is 7. The third-order valence-corrected chi connectivity index (χ3v) is 6.67. The fraction of sp³-hybridized carbons (Fsp3) is 0.400. The van der Waals surface area contributed by atoms with Crippen molar-refractivity contribution in [2.45, 2.75) is 52.1 Å². The van der Waals surface area contributed by atoms with E-state index in [1.807, 2.05) is 39.8 Å². The van der Waals surface area contributed by atoms with Crippen LogP contribution in [0.4, 0.5) is 4.79 Å². The standard InChI is InChI=1S/C25H27ClN6O4/c1-14-16(6-5-7-18(14)26)23-29-21(30-36-23)17-13-27-32-19(12-20(33)28-22(17)32)15-8-10-31(11-9-15)24(34)35-25(2,3)4/h5-7,12-13,15H,8-11H2,1-4H3,(H,28,33). The smallest absolute Gasteiger partial charge is 0.410 e. The van der Waals surface area contributed by atoms with E-state index in [2.05, 4.69) is 20.2 Å². The highest BCUT2D eigenvalue weighted by atomic mass is 35.5. The normalized spacial score (nSPS) is 15.0.